The fourth-order valence-corrected chi connectivity index (χ4v) is 0.950. The normalized spacial score (nSPS) is 12.8. The van der Waals surface area contributed by atoms with Crippen LogP contribution in [-0.2, 0) is 11.3 Å². The van der Waals surface area contributed by atoms with Gasteiger partial charge in [0.2, 0.25) is 0 Å². The van der Waals surface area contributed by atoms with E-state index in [0.29, 0.717) is 0 Å². The summed E-state index contributed by atoms with van der Waals surface area (Å²) in [5.41, 5.74) is 1.03. The van der Waals surface area contributed by atoms with Crippen molar-refractivity contribution in [1.29, 1.82) is 0 Å². The van der Waals surface area contributed by atoms with E-state index >= 15 is 0 Å². The van der Waals surface area contributed by atoms with Crippen molar-refractivity contribution in [3.63, 3.8) is 0 Å². The van der Waals surface area contributed by atoms with Crippen LogP contribution in [0.2, 0.25) is 0 Å². The van der Waals surface area contributed by atoms with Crippen LogP contribution in [-0.4, -0.2) is 16.3 Å². The SMILES string of the molecule is CC(CCc1ccccn1)OO. The van der Waals surface area contributed by atoms with E-state index in [9.17, 15) is 0 Å². The van der Waals surface area contributed by atoms with Gasteiger partial charge in [0.15, 0.2) is 0 Å². The lowest BCUT2D eigenvalue weighted by Crippen LogP contribution is -2.06. The number of aryl methyl sites for hydroxylation is 1. The molecule has 1 aromatic rings. The van der Waals surface area contributed by atoms with Crippen molar-refractivity contribution in [2.75, 3.05) is 0 Å². The molecule has 0 saturated carbocycles. The van der Waals surface area contributed by atoms with E-state index in [1.54, 1.807) is 6.20 Å². The summed E-state index contributed by atoms with van der Waals surface area (Å²) in [5, 5.41) is 8.29. The number of hydrogen-bond acceptors (Lipinski definition) is 3. The fraction of sp³-hybridized carbons (Fsp3) is 0.444. The molecule has 1 heterocycles. The van der Waals surface area contributed by atoms with Crippen molar-refractivity contribution < 1.29 is 10.1 Å². The molecule has 1 atom stereocenters. The predicted molar refractivity (Wildman–Crippen MR) is 45.7 cm³/mol. The van der Waals surface area contributed by atoms with Crippen LogP contribution in [0, 0.1) is 0 Å². The molecule has 1 N–H and O–H groups in total. The maximum Gasteiger partial charge on any atom is 0.0903 e. The highest BCUT2D eigenvalue weighted by Crippen LogP contribution is 2.02. The molecular formula is C9H13NO2. The number of nitrogens with zero attached hydrogens (tertiary/aromatic N) is 1. The van der Waals surface area contributed by atoms with Gasteiger partial charge >= 0.3 is 0 Å². The van der Waals surface area contributed by atoms with Crippen LogP contribution in [0.1, 0.15) is 19.0 Å². The monoisotopic (exact) mass is 167 g/mol. The van der Waals surface area contributed by atoms with Gasteiger partial charge in [-0.1, -0.05) is 6.07 Å². The Morgan fingerprint density at radius 2 is 2.42 bits per heavy atom. The van der Waals surface area contributed by atoms with Crippen LogP contribution in [0.4, 0.5) is 0 Å². The lowest BCUT2D eigenvalue weighted by molar-refractivity contribution is -0.274. The largest absolute Gasteiger partial charge is 0.261 e. The molecule has 0 radical (unpaired) electrons. The maximum absolute atomic E-state index is 8.29. The Bertz CT molecular complexity index is 213. The summed E-state index contributed by atoms with van der Waals surface area (Å²) >= 11 is 0. The summed E-state index contributed by atoms with van der Waals surface area (Å²) in [4.78, 5) is 8.29. The molecule has 0 saturated heterocycles. The first-order valence-corrected chi connectivity index (χ1v) is 4.03. The third kappa shape index (κ3) is 2.98. The molecule has 0 aliphatic rings. The summed E-state index contributed by atoms with van der Waals surface area (Å²) < 4.78 is 0. The molecule has 0 spiro atoms. The molecule has 0 amide bonds. The van der Waals surface area contributed by atoms with Crippen LogP contribution in [0.3, 0.4) is 0 Å². The Balaban J connectivity index is 2.33. The first-order valence-electron chi connectivity index (χ1n) is 4.03. The van der Waals surface area contributed by atoms with Crippen molar-refractivity contribution in [2.45, 2.75) is 25.9 Å². The number of hydrogen-bond donors (Lipinski definition) is 1. The topological polar surface area (TPSA) is 42.4 Å². The summed E-state index contributed by atoms with van der Waals surface area (Å²) in [6.07, 6.45) is 3.27. The van der Waals surface area contributed by atoms with Crippen molar-refractivity contribution in [2.24, 2.45) is 0 Å². The maximum atomic E-state index is 8.29. The van der Waals surface area contributed by atoms with Gasteiger partial charge < -0.3 is 0 Å². The molecular weight excluding hydrogens is 154 g/mol. The van der Waals surface area contributed by atoms with E-state index < -0.39 is 0 Å². The van der Waals surface area contributed by atoms with Gasteiger partial charge in [-0.05, 0) is 31.9 Å². The molecule has 66 valence electrons. The van der Waals surface area contributed by atoms with Crippen LogP contribution < -0.4 is 0 Å². The lowest BCUT2D eigenvalue weighted by Gasteiger charge is -2.05. The Kier molecular flexibility index (Phi) is 3.70. The zero-order valence-corrected chi connectivity index (χ0v) is 7.10. The van der Waals surface area contributed by atoms with Gasteiger partial charge in [-0.25, -0.2) is 4.89 Å². The minimum Gasteiger partial charge on any atom is -0.261 e. The molecule has 12 heavy (non-hydrogen) atoms. The van der Waals surface area contributed by atoms with E-state index in [0.717, 1.165) is 18.5 Å². The molecule has 1 unspecified atom stereocenters. The van der Waals surface area contributed by atoms with E-state index in [1.165, 1.54) is 0 Å². The smallest absolute Gasteiger partial charge is 0.0903 e. The predicted octanol–water partition coefficient (Wildman–Crippen LogP) is 1.89. The summed E-state index contributed by atoms with van der Waals surface area (Å²) in [6, 6.07) is 5.80. The minimum absolute atomic E-state index is 0.119. The molecule has 1 rings (SSSR count). The molecule has 0 bridgehead atoms. The minimum atomic E-state index is -0.119. The van der Waals surface area contributed by atoms with Gasteiger partial charge in [0.25, 0.3) is 0 Å². The Labute approximate surface area is 71.9 Å². The molecule has 3 nitrogen and oxygen atoms in total. The first kappa shape index (κ1) is 9.16. The highest BCUT2D eigenvalue weighted by Gasteiger charge is 2.01. The standard InChI is InChI=1S/C9H13NO2/c1-8(12-11)5-6-9-4-2-3-7-10-9/h2-4,7-8,11H,5-6H2,1H3. The van der Waals surface area contributed by atoms with E-state index in [4.69, 9.17) is 5.26 Å². The van der Waals surface area contributed by atoms with Crippen LogP contribution in [0.15, 0.2) is 24.4 Å². The van der Waals surface area contributed by atoms with Crippen LogP contribution >= 0.6 is 0 Å². The second-order valence-electron chi connectivity index (χ2n) is 2.78. The summed E-state index contributed by atoms with van der Waals surface area (Å²) in [7, 11) is 0. The quantitative estimate of drug-likeness (QED) is 0.550. The highest BCUT2D eigenvalue weighted by atomic mass is 17.1. The van der Waals surface area contributed by atoms with E-state index in [2.05, 4.69) is 9.87 Å². The molecule has 3 heteroatoms. The van der Waals surface area contributed by atoms with Crippen molar-refractivity contribution >= 4 is 0 Å². The molecule has 0 aromatic carbocycles. The Morgan fingerprint density at radius 3 is 3.00 bits per heavy atom. The van der Waals surface area contributed by atoms with Gasteiger partial charge in [-0.15, -0.1) is 0 Å². The molecule has 0 fully saturated rings. The fourth-order valence-electron chi connectivity index (χ4n) is 0.950. The Morgan fingerprint density at radius 1 is 1.58 bits per heavy atom. The lowest BCUT2D eigenvalue weighted by atomic mass is 10.1. The molecule has 0 aliphatic carbocycles. The van der Waals surface area contributed by atoms with Crippen LogP contribution in [0.5, 0.6) is 0 Å². The molecule has 0 aliphatic heterocycles. The van der Waals surface area contributed by atoms with Crippen molar-refractivity contribution in [3.05, 3.63) is 30.1 Å². The average Bonchev–Trinajstić information content (AvgIpc) is 2.16. The number of rotatable bonds is 4. The van der Waals surface area contributed by atoms with Gasteiger partial charge in [-0.2, -0.15) is 0 Å². The number of aromatic nitrogens is 1. The summed E-state index contributed by atoms with van der Waals surface area (Å²) in [5.74, 6) is 0. The zero-order chi connectivity index (χ0) is 8.81. The first-order chi connectivity index (χ1) is 5.83. The number of pyridine rings is 1. The van der Waals surface area contributed by atoms with Gasteiger partial charge in [0.1, 0.15) is 0 Å². The van der Waals surface area contributed by atoms with Gasteiger partial charge in [-0.3, -0.25) is 10.2 Å². The summed E-state index contributed by atoms with van der Waals surface area (Å²) in [6.45, 7) is 1.82. The second kappa shape index (κ2) is 4.85. The van der Waals surface area contributed by atoms with Gasteiger partial charge in [0.05, 0.1) is 6.10 Å². The van der Waals surface area contributed by atoms with Crippen LogP contribution in [0.25, 0.3) is 0 Å². The van der Waals surface area contributed by atoms with E-state index in [-0.39, 0.29) is 6.10 Å². The van der Waals surface area contributed by atoms with Gasteiger partial charge in [0, 0.05) is 11.9 Å². The van der Waals surface area contributed by atoms with E-state index in [1.807, 2.05) is 25.1 Å². The second-order valence-corrected chi connectivity index (χ2v) is 2.78. The van der Waals surface area contributed by atoms with Crippen molar-refractivity contribution in [3.8, 4) is 0 Å². The highest BCUT2D eigenvalue weighted by molar-refractivity contribution is 5.03. The third-order valence-electron chi connectivity index (χ3n) is 1.71. The molecule has 1 aromatic heterocycles. The third-order valence-corrected chi connectivity index (χ3v) is 1.71. The average molecular weight is 167 g/mol. The van der Waals surface area contributed by atoms with Crippen molar-refractivity contribution in [1.82, 2.24) is 4.98 Å². The Hall–Kier alpha value is -0.930. The zero-order valence-electron chi connectivity index (χ0n) is 7.10.